The summed E-state index contributed by atoms with van der Waals surface area (Å²) in [4.78, 5) is 9.24. The van der Waals surface area contributed by atoms with E-state index in [0.717, 1.165) is 37.2 Å². The van der Waals surface area contributed by atoms with Gasteiger partial charge in [-0.05, 0) is 55.4 Å². The Morgan fingerprint density at radius 2 is 1.53 bits per heavy atom. The van der Waals surface area contributed by atoms with Crippen molar-refractivity contribution in [3.63, 3.8) is 0 Å². The zero-order chi connectivity index (χ0) is 21.3. The zero-order valence-electron chi connectivity index (χ0n) is 17.4. The van der Waals surface area contributed by atoms with Gasteiger partial charge in [-0.3, -0.25) is 9.05 Å². The average molecular weight is 433 g/mol. The fourth-order valence-corrected chi connectivity index (χ4v) is 4.32. The van der Waals surface area contributed by atoms with E-state index in [4.69, 9.17) is 19.5 Å². The van der Waals surface area contributed by atoms with Crippen LogP contribution >= 0.6 is 7.82 Å². The lowest BCUT2D eigenvalue weighted by Gasteiger charge is -2.34. The van der Waals surface area contributed by atoms with Crippen molar-refractivity contribution in [1.82, 2.24) is 0 Å². The molecule has 0 spiro atoms. The van der Waals surface area contributed by atoms with Crippen molar-refractivity contribution in [1.29, 1.82) is 0 Å². The van der Waals surface area contributed by atoms with Crippen molar-refractivity contribution >= 4 is 7.82 Å². The number of aryl methyl sites for hydroxylation is 2. The largest absolute Gasteiger partial charge is 0.494 e. The van der Waals surface area contributed by atoms with Crippen LogP contribution in [0, 0.1) is 0 Å². The summed E-state index contributed by atoms with van der Waals surface area (Å²) in [6, 6.07) is 18.6. The quantitative estimate of drug-likeness (QED) is 0.396. The maximum atomic E-state index is 11.3. The minimum atomic E-state index is -3.90. The molecular weight excluding hydrogens is 401 g/mol. The van der Waals surface area contributed by atoms with Gasteiger partial charge in [0.15, 0.2) is 0 Å². The molecule has 0 unspecified atom stereocenters. The minimum absolute atomic E-state index is 0.0212. The molecule has 164 valence electrons. The van der Waals surface area contributed by atoms with Crippen molar-refractivity contribution in [3.8, 4) is 5.75 Å². The Balaban J connectivity index is 1.28. The van der Waals surface area contributed by atoms with Gasteiger partial charge in [0.2, 0.25) is 0 Å². The summed E-state index contributed by atoms with van der Waals surface area (Å²) in [5, 5.41) is 0. The number of unbranched alkanes of at least 4 members (excludes halogenated alkanes) is 3. The Hall–Kier alpha value is -1.69. The van der Waals surface area contributed by atoms with Crippen molar-refractivity contribution in [2.45, 2.75) is 50.5 Å². The predicted molar refractivity (Wildman–Crippen MR) is 118 cm³/mol. The van der Waals surface area contributed by atoms with E-state index in [2.05, 4.69) is 30.3 Å². The van der Waals surface area contributed by atoms with Gasteiger partial charge in [0.25, 0.3) is 0 Å². The van der Waals surface area contributed by atoms with E-state index in [0.29, 0.717) is 6.42 Å². The molecule has 2 aromatic rings. The smallest absolute Gasteiger partial charge is 0.472 e. The first kappa shape index (κ1) is 23.0. The minimum Gasteiger partial charge on any atom is -0.494 e. The number of phosphoric acid groups is 1. The maximum Gasteiger partial charge on any atom is 0.472 e. The van der Waals surface area contributed by atoms with Crippen LogP contribution in [-0.4, -0.2) is 30.3 Å². The first-order chi connectivity index (χ1) is 14.4. The molecule has 3 rings (SSSR count). The third-order valence-corrected chi connectivity index (χ3v) is 6.25. The highest BCUT2D eigenvalue weighted by atomic mass is 31.2. The number of rotatable bonds is 11. The molecule has 0 atom stereocenters. The van der Waals surface area contributed by atoms with E-state index in [1.165, 1.54) is 24.8 Å². The van der Waals surface area contributed by atoms with Gasteiger partial charge in [-0.25, -0.2) is 4.57 Å². The number of benzene rings is 2. The predicted octanol–water partition coefficient (Wildman–Crippen LogP) is 4.65. The molecular formula is C23H32NO5P. The molecule has 1 saturated heterocycles. The van der Waals surface area contributed by atoms with Gasteiger partial charge < -0.3 is 15.4 Å². The van der Waals surface area contributed by atoms with E-state index >= 15 is 0 Å². The number of phosphoric ester groups is 1. The third kappa shape index (κ3) is 7.86. The normalized spacial score (nSPS) is 23.9. The van der Waals surface area contributed by atoms with Crippen LogP contribution < -0.4 is 10.5 Å². The van der Waals surface area contributed by atoms with E-state index in [1.54, 1.807) is 0 Å². The SMILES string of the molecule is NC1(CCc2ccc(OCCCCCCc3ccccc3)cc2)COP(=O)(O)OC1. The van der Waals surface area contributed by atoms with Crippen molar-refractivity contribution in [3.05, 3.63) is 65.7 Å². The van der Waals surface area contributed by atoms with Crippen LogP contribution in [-0.2, 0) is 26.5 Å². The monoisotopic (exact) mass is 433 g/mol. The van der Waals surface area contributed by atoms with E-state index < -0.39 is 13.4 Å². The molecule has 1 heterocycles. The summed E-state index contributed by atoms with van der Waals surface area (Å²) < 4.78 is 26.8. The third-order valence-electron chi connectivity index (χ3n) is 5.34. The van der Waals surface area contributed by atoms with Gasteiger partial charge in [-0.2, -0.15) is 0 Å². The second-order valence-electron chi connectivity index (χ2n) is 8.02. The molecule has 1 fully saturated rings. The first-order valence-electron chi connectivity index (χ1n) is 10.6. The van der Waals surface area contributed by atoms with E-state index in [9.17, 15) is 9.46 Å². The van der Waals surface area contributed by atoms with Crippen molar-refractivity contribution in [2.24, 2.45) is 5.73 Å². The summed E-state index contributed by atoms with van der Waals surface area (Å²) >= 11 is 0. The Bertz CT molecular complexity index is 800. The molecule has 0 aliphatic carbocycles. The molecule has 3 N–H and O–H groups in total. The second-order valence-corrected chi connectivity index (χ2v) is 9.47. The molecule has 7 heteroatoms. The highest BCUT2D eigenvalue weighted by molar-refractivity contribution is 7.47. The second kappa shape index (κ2) is 11.1. The lowest BCUT2D eigenvalue weighted by molar-refractivity contribution is 0.0372. The number of hydrogen-bond acceptors (Lipinski definition) is 5. The van der Waals surface area contributed by atoms with E-state index in [-0.39, 0.29) is 13.2 Å². The van der Waals surface area contributed by atoms with Gasteiger partial charge in [-0.1, -0.05) is 55.3 Å². The average Bonchev–Trinajstić information content (AvgIpc) is 2.76. The molecule has 6 nitrogen and oxygen atoms in total. The number of hydrogen-bond donors (Lipinski definition) is 2. The molecule has 0 bridgehead atoms. The molecule has 1 aliphatic heterocycles. The van der Waals surface area contributed by atoms with Gasteiger partial charge >= 0.3 is 7.82 Å². The van der Waals surface area contributed by atoms with Gasteiger partial charge in [0, 0.05) is 0 Å². The number of ether oxygens (including phenoxy) is 1. The van der Waals surface area contributed by atoms with Crippen LogP contribution in [0.4, 0.5) is 0 Å². The van der Waals surface area contributed by atoms with Crippen LogP contribution in [0.1, 0.15) is 43.2 Å². The lowest BCUT2D eigenvalue weighted by atomic mass is 9.94. The summed E-state index contributed by atoms with van der Waals surface area (Å²) in [5.74, 6) is 0.871. The fraction of sp³-hybridized carbons (Fsp3) is 0.478. The van der Waals surface area contributed by atoms with E-state index in [1.807, 2.05) is 24.3 Å². The zero-order valence-corrected chi connectivity index (χ0v) is 18.3. The Morgan fingerprint density at radius 1 is 0.900 bits per heavy atom. The van der Waals surface area contributed by atoms with Gasteiger partial charge in [0.1, 0.15) is 5.75 Å². The molecule has 30 heavy (non-hydrogen) atoms. The van der Waals surface area contributed by atoms with Crippen molar-refractivity contribution < 1.29 is 23.2 Å². The Labute approximate surface area is 179 Å². The molecule has 0 radical (unpaired) electrons. The van der Waals surface area contributed by atoms with Crippen LogP contribution in [0.3, 0.4) is 0 Å². The van der Waals surface area contributed by atoms with Crippen LogP contribution in [0.25, 0.3) is 0 Å². The van der Waals surface area contributed by atoms with Gasteiger partial charge in [-0.15, -0.1) is 0 Å². The highest BCUT2D eigenvalue weighted by Crippen LogP contribution is 2.47. The van der Waals surface area contributed by atoms with Gasteiger partial charge in [0.05, 0.1) is 25.4 Å². The summed E-state index contributed by atoms with van der Waals surface area (Å²) in [6.07, 6.45) is 7.15. The van der Waals surface area contributed by atoms with Crippen LogP contribution in [0.15, 0.2) is 54.6 Å². The first-order valence-corrected chi connectivity index (χ1v) is 12.1. The maximum absolute atomic E-state index is 11.3. The molecule has 0 amide bonds. The molecule has 2 aromatic carbocycles. The van der Waals surface area contributed by atoms with Crippen molar-refractivity contribution in [2.75, 3.05) is 19.8 Å². The fourth-order valence-electron chi connectivity index (χ4n) is 3.41. The summed E-state index contributed by atoms with van der Waals surface area (Å²) in [7, 11) is -3.90. The topological polar surface area (TPSA) is 91.0 Å². The van der Waals surface area contributed by atoms with Crippen LogP contribution in [0.5, 0.6) is 5.75 Å². The highest BCUT2D eigenvalue weighted by Gasteiger charge is 2.38. The molecule has 0 aromatic heterocycles. The Kier molecular flexibility index (Phi) is 8.49. The summed E-state index contributed by atoms with van der Waals surface area (Å²) in [5.41, 5.74) is 8.00. The molecule has 1 aliphatic rings. The molecule has 0 saturated carbocycles. The van der Waals surface area contributed by atoms with Crippen LogP contribution in [0.2, 0.25) is 0 Å². The standard InChI is InChI=1S/C23H32NO5P/c24-23(18-28-30(25,26)29-19-23)16-15-21-11-13-22(14-12-21)27-17-7-2-1-4-8-20-9-5-3-6-10-20/h3,5-6,9-14H,1-2,4,7-8,15-19,24H2,(H,25,26). The summed E-state index contributed by atoms with van der Waals surface area (Å²) in [6.45, 7) is 0.771. The Morgan fingerprint density at radius 3 is 2.23 bits per heavy atom. The number of nitrogens with two attached hydrogens (primary N) is 1. The lowest BCUT2D eigenvalue weighted by Crippen LogP contribution is -2.51.